The predicted molar refractivity (Wildman–Crippen MR) is 87.2 cm³/mol. The molecule has 3 rings (SSSR count). The molecular weight excluding hydrogens is 384 g/mol. The van der Waals surface area contributed by atoms with Gasteiger partial charge in [0.05, 0.1) is 0 Å². The van der Waals surface area contributed by atoms with E-state index in [0.717, 1.165) is 30.5 Å². The maximum atomic E-state index is 11.9. The Morgan fingerprint density at radius 2 is 1.50 bits per heavy atom. The van der Waals surface area contributed by atoms with Gasteiger partial charge in [-0.05, 0) is 51.9 Å². The smallest absolute Gasteiger partial charge is 0.226 e. The minimum absolute atomic E-state index is 0.361. The molecule has 0 N–H and O–H groups in total. The molecule has 0 aliphatic rings. The zero-order chi connectivity index (χ0) is 14.3. The highest BCUT2D eigenvalue weighted by atomic mass is 79.9. The number of benzene rings is 3. The molecule has 0 radical (unpaired) electrons. The molecule has 0 amide bonds. The fourth-order valence-corrected chi connectivity index (χ4v) is 3.11. The van der Waals surface area contributed by atoms with Gasteiger partial charge in [0.2, 0.25) is 5.78 Å². The molecule has 0 fully saturated rings. The highest BCUT2D eigenvalue weighted by Crippen LogP contribution is 2.32. The molecule has 0 aromatic heterocycles. The lowest BCUT2D eigenvalue weighted by atomic mass is 9.95. The third kappa shape index (κ3) is 2.19. The van der Waals surface area contributed by atoms with Crippen LogP contribution in [0.25, 0.3) is 21.5 Å². The van der Waals surface area contributed by atoms with Crippen molar-refractivity contribution < 1.29 is 9.59 Å². The number of fused-ring (bicyclic) bond motifs is 3. The second-order valence-corrected chi connectivity index (χ2v) is 6.29. The molecule has 0 heterocycles. The maximum absolute atomic E-state index is 11.9. The molecule has 0 bridgehead atoms. The Balaban J connectivity index is 2.53. The minimum atomic E-state index is -0.505. The van der Waals surface area contributed by atoms with Crippen LogP contribution in [-0.4, -0.2) is 12.1 Å². The van der Waals surface area contributed by atoms with Crippen molar-refractivity contribution in [1.82, 2.24) is 0 Å². The molecule has 0 saturated heterocycles. The number of carbonyl (C=O) groups excluding carboxylic acids is 2. The summed E-state index contributed by atoms with van der Waals surface area (Å²) in [4.78, 5) is 22.7. The van der Waals surface area contributed by atoms with Gasteiger partial charge in [0.1, 0.15) is 0 Å². The molecule has 0 saturated carbocycles. The van der Waals surface area contributed by atoms with Crippen LogP contribution in [0.5, 0.6) is 0 Å². The van der Waals surface area contributed by atoms with Crippen LogP contribution in [-0.2, 0) is 4.79 Å². The molecule has 3 aromatic carbocycles. The van der Waals surface area contributed by atoms with Gasteiger partial charge in [0, 0.05) is 14.5 Å². The van der Waals surface area contributed by atoms with Crippen LogP contribution in [0.1, 0.15) is 10.4 Å². The van der Waals surface area contributed by atoms with E-state index in [0.29, 0.717) is 11.8 Å². The van der Waals surface area contributed by atoms with Gasteiger partial charge in [-0.15, -0.1) is 0 Å². The monoisotopic (exact) mass is 390 g/mol. The number of rotatable bonds is 2. The van der Waals surface area contributed by atoms with Crippen LogP contribution >= 0.6 is 31.9 Å². The van der Waals surface area contributed by atoms with Crippen molar-refractivity contribution >= 4 is 65.5 Å². The first-order chi connectivity index (χ1) is 9.60. The molecule has 0 aliphatic carbocycles. The summed E-state index contributed by atoms with van der Waals surface area (Å²) < 4.78 is 1.81. The highest BCUT2D eigenvalue weighted by molar-refractivity contribution is 9.10. The fourth-order valence-electron chi connectivity index (χ4n) is 2.37. The molecule has 0 spiro atoms. The van der Waals surface area contributed by atoms with Crippen molar-refractivity contribution in [3.8, 4) is 0 Å². The van der Waals surface area contributed by atoms with Gasteiger partial charge in [-0.3, -0.25) is 9.59 Å². The van der Waals surface area contributed by atoms with E-state index >= 15 is 0 Å². The number of hydrogen-bond donors (Lipinski definition) is 0. The molecule has 0 atom stereocenters. The Labute approximate surface area is 132 Å². The first-order valence-corrected chi connectivity index (χ1v) is 7.50. The van der Waals surface area contributed by atoms with Crippen LogP contribution in [0.2, 0.25) is 0 Å². The van der Waals surface area contributed by atoms with E-state index < -0.39 is 5.78 Å². The quantitative estimate of drug-likeness (QED) is 0.269. The van der Waals surface area contributed by atoms with E-state index in [2.05, 4.69) is 31.9 Å². The van der Waals surface area contributed by atoms with Crippen molar-refractivity contribution in [2.75, 3.05) is 0 Å². The van der Waals surface area contributed by atoms with Crippen LogP contribution in [0.15, 0.2) is 51.4 Å². The zero-order valence-electron chi connectivity index (χ0n) is 10.2. The Bertz CT molecular complexity index is 869. The molecule has 0 aliphatic heterocycles. The second kappa shape index (κ2) is 5.11. The lowest BCUT2D eigenvalue weighted by Gasteiger charge is -2.09. The molecule has 2 nitrogen and oxygen atoms in total. The molecule has 98 valence electrons. The van der Waals surface area contributed by atoms with Crippen LogP contribution < -0.4 is 0 Å². The topological polar surface area (TPSA) is 34.1 Å². The van der Waals surface area contributed by atoms with Crippen LogP contribution in [0.4, 0.5) is 0 Å². The van der Waals surface area contributed by atoms with Crippen molar-refractivity contribution in [2.45, 2.75) is 0 Å². The predicted octanol–water partition coefficient (Wildman–Crippen LogP) is 4.90. The average molecular weight is 392 g/mol. The Kier molecular flexibility index (Phi) is 3.44. The van der Waals surface area contributed by atoms with E-state index in [9.17, 15) is 9.59 Å². The summed E-state index contributed by atoms with van der Waals surface area (Å²) in [5, 5.41) is 3.73. The summed E-state index contributed by atoms with van der Waals surface area (Å²) in [5.41, 5.74) is 0.432. The lowest BCUT2D eigenvalue weighted by molar-refractivity contribution is -0.104. The Hall–Kier alpha value is -1.52. The number of carbonyl (C=O) groups is 2. The molecule has 3 aromatic rings. The van der Waals surface area contributed by atoms with Gasteiger partial charge in [-0.1, -0.05) is 44.0 Å². The van der Waals surface area contributed by atoms with E-state index in [1.54, 1.807) is 6.07 Å². The summed E-state index contributed by atoms with van der Waals surface area (Å²) in [6.07, 6.45) is 0.361. The maximum Gasteiger partial charge on any atom is 0.226 e. The molecule has 0 unspecified atom stereocenters. The lowest BCUT2D eigenvalue weighted by Crippen LogP contribution is -2.01. The van der Waals surface area contributed by atoms with Gasteiger partial charge < -0.3 is 0 Å². The third-order valence-corrected chi connectivity index (χ3v) is 4.23. The SMILES string of the molecule is O=CC(=O)c1cc2cc(Br)ccc2c2ccc(Br)cc12. The summed E-state index contributed by atoms with van der Waals surface area (Å²) in [6, 6.07) is 13.4. The summed E-state index contributed by atoms with van der Waals surface area (Å²) >= 11 is 6.83. The van der Waals surface area contributed by atoms with Crippen molar-refractivity contribution in [3.63, 3.8) is 0 Å². The van der Waals surface area contributed by atoms with Crippen LogP contribution in [0.3, 0.4) is 0 Å². The number of hydrogen-bond acceptors (Lipinski definition) is 2. The largest absolute Gasteiger partial charge is 0.294 e. The van der Waals surface area contributed by atoms with E-state index in [4.69, 9.17) is 0 Å². The van der Waals surface area contributed by atoms with Gasteiger partial charge >= 0.3 is 0 Å². The van der Waals surface area contributed by atoms with E-state index in [1.165, 1.54) is 0 Å². The second-order valence-electron chi connectivity index (χ2n) is 4.46. The van der Waals surface area contributed by atoms with Gasteiger partial charge in [-0.25, -0.2) is 0 Å². The summed E-state index contributed by atoms with van der Waals surface area (Å²) in [6.45, 7) is 0. The van der Waals surface area contributed by atoms with Crippen molar-refractivity contribution in [2.24, 2.45) is 0 Å². The first kappa shape index (κ1) is 13.5. The molecule has 20 heavy (non-hydrogen) atoms. The standard InChI is InChI=1S/C16H8Br2O2/c17-10-1-3-12-9(5-10)6-15(16(20)8-19)14-7-11(18)2-4-13(12)14/h1-8H. The number of aldehydes is 1. The Morgan fingerprint density at radius 1 is 0.850 bits per heavy atom. The number of halogens is 2. The third-order valence-electron chi connectivity index (χ3n) is 3.25. The number of Topliss-reactive ketones (excluding diaryl/α,β-unsaturated/α-hetero) is 1. The van der Waals surface area contributed by atoms with Crippen LogP contribution in [0, 0.1) is 0 Å². The summed E-state index contributed by atoms with van der Waals surface area (Å²) in [5.74, 6) is -0.505. The Morgan fingerprint density at radius 3 is 2.20 bits per heavy atom. The van der Waals surface area contributed by atoms with E-state index in [1.807, 2.05) is 36.4 Å². The normalized spacial score (nSPS) is 10.9. The van der Waals surface area contributed by atoms with Crippen molar-refractivity contribution in [1.29, 1.82) is 0 Å². The van der Waals surface area contributed by atoms with E-state index in [-0.39, 0.29) is 0 Å². The van der Waals surface area contributed by atoms with Gasteiger partial charge in [0.25, 0.3) is 0 Å². The average Bonchev–Trinajstić information content (AvgIpc) is 2.45. The van der Waals surface area contributed by atoms with Gasteiger partial charge in [-0.2, -0.15) is 0 Å². The minimum Gasteiger partial charge on any atom is -0.294 e. The first-order valence-electron chi connectivity index (χ1n) is 5.91. The molecule has 4 heteroatoms. The fraction of sp³-hybridized carbons (Fsp3) is 0. The summed E-state index contributed by atoms with van der Waals surface area (Å²) in [7, 11) is 0. The number of ketones is 1. The molecular formula is C16H8Br2O2. The van der Waals surface area contributed by atoms with Gasteiger partial charge in [0.15, 0.2) is 6.29 Å². The van der Waals surface area contributed by atoms with Crippen molar-refractivity contribution in [3.05, 3.63) is 57.0 Å². The highest BCUT2D eigenvalue weighted by Gasteiger charge is 2.13. The zero-order valence-corrected chi connectivity index (χ0v) is 13.4.